The highest BCUT2D eigenvalue weighted by atomic mass is 16.7. The molecule has 0 spiro atoms. The van der Waals surface area contributed by atoms with E-state index in [0.717, 1.165) is 46.4 Å². The smallest absolute Gasteiger partial charge is 0.226 e. The van der Waals surface area contributed by atoms with E-state index in [1.165, 1.54) is 0 Å². The van der Waals surface area contributed by atoms with Gasteiger partial charge in [-0.1, -0.05) is 19.1 Å². The van der Waals surface area contributed by atoms with Gasteiger partial charge in [-0.3, -0.25) is 0 Å². The van der Waals surface area contributed by atoms with Crippen LogP contribution in [-0.2, 0) is 22.4 Å². The summed E-state index contributed by atoms with van der Waals surface area (Å²) in [5.74, 6) is 0.970. The van der Waals surface area contributed by atoms with Crippen molar-refractivity contribution < 1.29 is 14.2 Å². The summed E-state index contributed by atoms with van der Waals surface area (Å²) in [6, 6.07) is 7.65. The van der Waals surface area contributed by atoms with Gasteiger partial charge in [0.1, 0.15) is 5.82 Å². The standard InChI is InChI=1S/C19H25N3O3/c1-4-17-20-15-13-22(23)16-10-8-7-9-14(16)19(15)21(17)12-11-18(24-5-2)25-6-3/h7-10,13,18H,4-6,11-12H2,1-3H3. The van der Waals surface area contributed by atoms with Gasteiger partial charge in [-0.25, -0.2) is 4.98 Å². The first-order chi connectivity index (χ1) is 12.2. The largest absolute Gasteiger partial charge is 0.618 e. The molecule has 0 atom stereocenters. The van der Waals surface area contributed by atoms with Crippen molar-refractivity contribution in [1.82, 2.24) is 9.55 Å². The molecule has 0 bridgehead atoms. The number of pyridine rings is 1. The second-order valence-electron chi connectivity index (χ2n) is 5.87. The highest BCUT2D eigenvalue weighted by molar-refractivity contribution is 6.00. The Hall–Kier alpha value is -2.18. The van der Waals surface area contributed by atoms with Gasteiger partial charge >= 0.3 is 0 Å². The van der Waals surface area contributed by atoms with Crippen LogP contribution in [0.5, 0.6) is 0 Å². The van der Waals surface area contributed by atoms with Crippen molar-refractivity contribution in [1.29, 1.82) is 0 Å². The molecule has 0 amide bonds. The summed E-state index contributed by atoms with van der Waals surface area (Å²) in [6.07, 6.45) is 2.88. The quantitative estimate of drug-likeness (QED) is 0.358. The summed E-state index contributed by atoms with van der Waals surface area (Å²) in [5, 5.41) is 13.2. The van der Waals surface area contributed by atoms with Crippen LogP contribution in [0, 0.1) is 5.21 Å². The number of benzene rings is 1. The normalized spacial score (nSPS) is 11.8. The Morgan fingerprint density at radius 2 is 1.88 bits per heavy atom. The summed E-state index contributed by atoms with van der Waals surface area (Å²) >= 11 is 0. The maximum Gasteiger partial charge on any atom is 0.226 e. The minimum Gasteiger partial charge on any atom is -0.618 e. The predicted octanol–water partition coefficient (Wildman–Crippen LogP) is 3.17. The lowest BCUT2D eigenvalue weighted by Crippen LogP contribution is -2.26. The Morgan fingerprint density at radius 3 is 2.56 bits per heavy atom. The lowest BCUT2D eigenvalue weighted by Gasteiger charge is -2.18. The minimum absolute atomic E-state index is 0.225. The predicted molar refractivity (Wildman–Crippen MR) is 97.2 cm³/mol. The number of aryl methyl sites for hydroxylation is 2. The number of imidazole rings is 1. The Morgan fingerprint density at radius 1 is 1.16 bits per heavy atom. The van der Waals surface area contributed by atoms with E-state index in [1.807, 2.05) is 38.1 Å². The van der Waals surface area contributed by atoms with Crippen molar-refractivity contribution in [2.75, 3.05) is 13.2 Å². The van der Waals surface area contributed by atoms with Crippen molar-refractivity contribution in [2.24, 2.45) is 0 Å². The number of nitrogens with zero attached hydrogens (tertiary/aromatic N) is 3. The number of rotatable bonds is 8. The average molecular weight is 343 g/mol. The molecule has 2 heterocycles. The molecule has 6 nitrogen and oxygen atoms in total. The molecule has 0 fully saturated rings. The molecule has 25 heavy (non-hydrogen) atoms. The van der Waals surface area contributed by atoms with Gasteiger partial charge in [0.15, 0.2) is 11.8 Å². The fraction of sp³-hybridized carbons (Fsp3) is 0.474. The number of para-hydroxylation sites is 1. The molecule has 0 saturated heterocycles. The van der Waals surface area contributed by atoms with Gasteiger partial charge in [0.05, 0.1) is 10.9 Å². The fourth-order valence-electron chi connectivity index (χ4n) is 3.27. The first-order valence-corrected chi connectivity index (χ1v) is 8.92. The Bertz CT molecular complexity index is 854. The third-order valence-electron chi connectivity index (χ3n) is 4.32. The fourth-order valence-corrected chi connectivity index (χ4v) is 3.27. The van der Waals surface area contributed by atoms with Crippen LogP contribution < -0.4 is 4.73 Å². The molecular weight excluding hydrogens is 318 g/mol. The molecule has 2 aromatic heterocycles. The molecular formula is C19H25N3O3. The second-order valence-corrected chi connectivity index (χ2v) is 5.87. The van der Waals surface area contributed by atoms with Crippen LogP contribution in [0.3, 0.4) is 0 Å². The highest BCUT2D eigenvalue weighted by Crippen LogP contribution is 2.25. The van der Waals surface area contributed by atoms with E-state index in [-0.39, 0.29) is 6.29 Å². The molecule has 3 aromatic rings. The van der Waals surface area contributed by atoms with Crippen LogP contribution in [0.2, 0.25) is 0 Å². The minimum atomic E-state index is -0.225. The molecule has 1 aromatic carbocycles. The van der Waals surface area contributed by atoms with Crippen molar-refractivity contribution in [3.63, 3.8) is 0 Å². The number of ether oxygens (including phenoxy) is 2. The Balaban J connectivity index is 2.05. The summed E-state index contributed by atoms with van der Waals surface area (Å²) in [5.41, 5.74) is 2.39. The molecule has 0 N–H and O–H groups in total. The lowest BCUT2D eigenvalue weighted by atomic mass is 10.2. The summed E-state index contributed by atoms with van der Waals surface area (Å²) in [6.45, 7) is 7.99. The molecule has 6 heteroatoms. The lowest BCUT2D eigenvalue weighted by molar-refractivity contribution is -0.575. The van der Waals surface area contributed by atoms with E-state index < -0.39 is 0 Å². The Kier molecular flexibility index (Phi) is 5.50. The molecule has 0 radical (unpaired) electrons. The third kappa shape index (κ3) is 3.45. The molecule has 0 saturated carbocycles. The first kappa shape index (κ1) is 17.6. The van der Waals surface area contributed by atoms with Crippen LogP contribution in [0.25, 0.3) is 21.9 Å². The molecule has 0 unspecified atom stereocenters. The van der Waals surface area contributed by atoms with Gasteiger partial charge < -0.3 is 19.2 Å². The van der Waals surface area contributed by atoms with E-state index in [4.69, 9.17) is 9.47 Å². The average Bonchev–Trinajstić information content (AvgIpc) is 2.98. The number of hydrogen-bond donors (Lipinski definition) is 0. The van der Waals surface area contributed by atoms with Crippen molar-refractivity contribution in [3.05, 3.63) is 41.5 Å². The summed E-state index contributed by atoms with van der Waals surface area (Å²) in [4.78, 5) is 4.67. The first-order valence-electron chi connectivity index (χ1n) is 8.92. The third-order valence-corrected chi connectivity index (χ3v) is 4.32. The topological polar surface area (TPSA) is 63.2 Å². The van der Waals surface area contributed by atoms with Crippen LogP contribution in [0.4, 0.5) is 0 Å². The van der Waals surface area contributed by atoms with E-state index in [2.05, 4.69) is 16.5 Å². The molecule has 134 valence electrons. The summed E-state index contributed by atoms with van der Waals surface area (Å²) < 4.78 is 14.4. The maximum absolute atomic E-state index is 12.3. The second kappa shape index (κ2) is 7.80. The SMILES string of the molecule is CCOC(CCn1c(CC)nc2c[n+]([O-])c3ccccc3c21)OCC. The molecule has 0 aliphatic rings. The van der Waals surface area contributed by atoms with E-state index in [9.17, 15) is 5.21 Å². The van der Waals surface area contributed by atoms with E-state index in [1.54, 1.807) is 6.20 Å². The van der Waals surface area contributed by atoms with Crippen molar-refractivity contribution in [2.45, 2.75) is 46.4 Å². The van der Waals surface area contributed by atoms with Crippen LogP contribution in [0.15, 0.2) is 30.5 Å². The van der Waals surface area contributed by atoms with Gasteiger partial charge in [-0.05, 0) is 19.9 Å². The summed E-state index contributed by atoms with van der Waals surface area (Å²) in [7, 11) is 0. The van der Waals surface area contributed by atoms with E-state index >= 15 is 0 Å². The van der Waals surface area contributed by atoms with Crippen LogP contribution >= 0.6 is 0 Å². The zero-order valence-corrected chi connectivity index (χ0v) is 15.1. The molecule has 3 rings (SSSR count). The van der Waals surface area contributed by atoms with Crippen LogP contribution in [0.1, 0.15) is 33.0 Å². The van der Waals surface area contributed by atoms with E-state index in [0.29, 0.717) is 18.7 Å². The maximum atomic E-state index is 12.3. The van der Waals surface area contributed by atoms with Gasteiger partial charge in [-0.2, -0.15) is 4.73 Å². The van der Waals surface area contributed by atoms with Gasteiger partial charge in [-0.15, -0.1) is 0 Å². The molecule has 0 aliphatic heterocycles. The monoisotopic (exact) mass is 343 g/mol. The van der Waals surface area contributed by atoms with Crippen molar-refractivity contribution >= 4 is 21.9 Å². The van der Waals surface area contributed by atoms with Gasteiger partial charge in [0.25, 0.3) is 0 Å². The number of aromatic nitrogens is 3. The Labute approximate surface area is 147 Å². The molecule has 0 aliphatic carbocycles. The van der Waals surface area contributed by atoms with Gasteiger partial charge in [0, 0.05) is 38.7 Å². The zero-order valence-electron chi connectivity index (χ0n) is 15.1. The zero-order chi connectivity index (χ0) is 17.8. The van der Waals surface area contributed by atoms with Crippen molar-refractivity contribution in [3.8, 4) is 0 Å². The van der Waals surface area contributed by atoms with Gasteiger partial charge in [0.2, 0.25) is 11.7 Å². The van der Waals surface area contributed by atoms with Crippen LogP contribution in [-0.4, -0.2) is 29.1 Å². The number of hydrogen-bond acceptors (Lipinski definition) is 4. The highest BCUT2D eigenvalue weighted by Gasteiger charge is 2.19. The number of fused-ring (bicyclic) bond motifs is 3.